The smallest absolute Gasteiger partial charge is 0.305 e. The van der Waals surface area contributed by atoms with Crippen LogP contribution in [0.4, 0.5) is 0 Å². The average Bonchev–Trinajstić information content (AvgIpc) is 3.16. The van der Waals surface area contributed by atoms with Crippen LogP contribution >= 0.6 is 15.9 Å². The molecule has 1 amide bonds. The van der Waals surface area contributed by atoms with Gasteiger partial charge in [0.2, 0.25) is 0 Å². The fraction of sp³-hybridized carbons (Fsp3) is 0.429. The quantitative estimate of drug-likeness (QED) is 0.905. The van der Waals surface area contributed by atoms with Crippen LogP contribution in [0.25, 0.3) is 0 Å². The molecule has 0 unspecified atom stereocenters. The number of aryl methyl sites for hydroxylation is 1. The molecule has 0 radical (unpaired) electrons. The van der Waals surface area contributed by atoms with E-state index in [9.17, 15) is 9.59 Å². The van der Waals surface area contributed by atoms with E-state index in [0.29, 0.717) is 5.56 Å². The monoisotopic (exact) mass is 325 g/mol. The SMILES string of the molecule is Cc1ccc(Br)cc1C(=O)N(CCC(=O)O)C1CC1. The van der Waals surface area contributed by atoms with Gasteiger partial charge in [-0.25, -0.2) is 0 Å². The van der Waals surface area contributed by atoms with E-state index in [-0.39, 0.29) is 24.9 Å². The summed E-state index contributed by atoms with van der Waals surface area (Å²) in [6.07, 6.45) is 1.94. The van der Waals surface area contributed by atoms with Crippen molar-refractivity contribution in [2.24, 2.45) is 0 Å². The number of carbonyl (C=O) groups is 2. The van der Waals surface area contributed by atoms with Crippen LogP contribution < -0.4 is 0 Å². The van der Waals surface area contributed by atoms with Gasteiger partial charge in [-0.05, 0) is 37.5 Å². The summed E-state index contributed by atoms with van der Waals surface area (Å²) in [5.41, 5.74) is 1.56. The predicted molar refractivity (Wildman–Crippen MR) is 75.2 cm³/mol. The number of rotatable bonds is 5. The summed E-state index contributed by atoms with van der Waals surface area (Å²) in [5, 5.41) is 8.77. The van der Waals surface area contributed by atoms with Crippen molar-refractivity contribution >= 4 is 27.8 Å². The number of aliphatic carboxylic acids is 1. The van der Waals surface area contributed by atoms with E-state index in [1.54, 1.807) is 11.0 Å². The summed E-state index contributed by atoms with van der Waals surface area (Å²) < 4.78 is 0.857. The molecular formula is C14H16BrNO3. The van der Waals surface area contributed by atoms with Crippen LogP contribution in [0.5, 0.6) is 0 Å². The molecule has 1 aliphatic rings. The third-order valence-electron chi connectivity index (χ3n) is 3.25. The van der Waals surface area contributed by atoms with E-state index in [0.717, 1.165) is 22.9 Å². The Morgan fingerprint density at radius 1 is 1.42 bits per heavy atom. The number of amides is 1. The molecule has 1 saturated carbocycles. The third kappa shape index (κ3) is 3.56. The summed E-state index contributed by atoms with van der Waals surface area (Å²) in [7, 11) is 0. The number of carboxylic acids is 1. The van der Waals surface area contributed by atoms with Crippen LogP contribution in [0.15, 0.2) is 22.7 Å². The molecule has 1 N–H and O–H groups in total. The second-order valence-corrected chi connectivity index (χ2v) is 5.75. The van der Waals surface area contributed by atoms with Crippen molar-refractivity contribution in [3.05, 3.63) is 33.8 Å². The molecule has 102 valence electrons. The number of carboxylic acid groups (broad SMARTS) is 1. The van der Waals surface area contributed by atoms with Gasteiger partial charge in [0.25, 0.3) is 5.91 Å². The van der Waals surface area contributed by atoms with Crippen molar-refractivity contribution in [1.29, 1.82) is 0 Å². The summed E-state index contributed by atoms with van der Waals surface area (Å²) in [5.74, 6) is -0.938. The maximum atomic E-state index is 12.5. The Morgan fingerprint density at radius 2 is 2.11 bits per heavy atom. The van der Waals surface area contributed by atoms with Crippen molar-refractivity contribution in [1.82, 2.24) is 4.90 Å². The molecular weight excluding hydrogens is 310 g/mol. The predicted octanol–water partition coefficient (Wildman–Crippen LogP) is 2.84. The highest BCUT2D eigenvalue weighted by molar-refractivity contribution is 9.10. The lowest BCUT2D eigenvalue weighted by Crippen LogP contribution is -2.35. The standard InChI is InChI=1S/C14H16BrNO3/c1-9-2-3-10(15)8-12(9)14(19)16(11-4-5-11)7-6-13(17)18/h2-3,8,11H,4-7H2,1H3,(H,17,18). The molecule has 5 heteroatoms. The summed E-state index contributed by atoms with van der Waals surface area (Å²) >= 11 is 3.36. The van der Waals surface area contributed by atoms with Gasteiger partial charge in [0.05, 0.1) is 6.42 Å². The minimum absolute atomic E-state index is 0.00467. The maximum absolute atomic E-state index is 12.5. The van der Waals surface area contributed by atoms with Crippen LogP contribution in [0.1, 0.15) is 35.2 Å². The van der Waals surface area contributed by atoms with Gasteiger partial charge in [0.15, 0.2) is 0 Å². The Kier molecular flexibility index (Phi) is 4.24. The van der Waals surface area contributed by atoms with E-state index >= 15 is 0 Å². The van der Waals surface area contributed by atoms with Gasteiger partial charge >= 0.3 is 5.97 Å². The second-order valence-electron chi connectivity index (χ2n) is 4.83. The first-order valence-corrected chi connectivity index (χ1v) is 7.07. The van der Waals surface area contributed by atoms with Crippen LogP contribution in [0.3, 0.4) is 0 Å². The molecule has 0 heterocycles. The van der Waals surface area contributed by atoms with Gasteiger partial charge in [0, 0.05) is 22.6 Å². The van der Waals surface area contributed by atoms with E-state index in [1.807, 2.05) is 19.1 Å². The molecule has 1 fully saturated rings. The largest absolute Gasteiger partial charge is 0.481 e. The number of hydrogen-bond donors (Lipinski definition) is 1. The van der Waals surface area contributed by atoms with Crippen molar-refractivity contribution < 1.29 is 14.7 Å². The Bertz CT molecular complexity index is 511. The first-order valence-electron chi connectivity index (χ1n) is 6.28. The molecule has 0 atom stereocenters. The zero-order chi connectivity index (χ0) is 14.0. The number of carbonyl (C=O) groups excluding carboxylic acids is 1. The molecule has 0 saturated heterocycles. The molecule has 0 aliphatic heterocycles. The zero-order valence-corrected chi connectivity index (χ0v) is 12.3. The molecule has 0 aromatic heterocycles. The highest BCUT2D eigenvalue weighted by Gasteiger charge is 2.33. The second kappa shape index (κ2) is 5.74. The van der Waals surface area contributed by atoms with Gasteiger partial charge in [-0.15, -0.1) is 0 Å². The van der Waals surface area contributed by atoms with Gasteiger partial charge in [0.1, 0.15) is 0 Å². The molecule has 4 nitrogen and oxygen atoms in total. The summed E-state index contributed by atoms with van der Waals surface area (Å²) in [4.78, 5) is 24.9. The fourth-order valence-corrected chi connectivity index (χ4v) is 2.39. The number of hydrogen-bond acceptors (Lipinski definition) is 2. The number of halogens is 1. The van der Waals surface area contributed by atoms with E-state index in [1.165, 1.54) is 0 Å². The Labute approximate surface area is 120 Å². The van der Waals surface area contributed by atoms with Crippen LogP contribution in [-0.2, 0) is 4.79 Å². The normalized spacial score (nSPS) is 14.2. The minimum atomic E-state index is -0.871. The Hall–Kier alpha value is -1.36. The highest BCUT2D eigenvalue weighted by Crippen LogP contribution is 2.29. The van der Waals surface area contributed by atoms with Crippen molar-refractivity contribution in [3.63, 3.8) is 0 Å². The zero-order valence-electron chi connectivity index (χ0n) is 10.7. The van der Waals surface area contributed by atoms with Crippen molar-refractivity contribution in [2.45, 2.75) is 32.2 Å². The van der Waals surface area contributed by atoms with E-state index in [4.69, 9.17) is 5.11 Å². The van der Waals surface area contributed by atoms with Gasteiger partial charge in [-0.3, -0.25) is 9.59 Å². The molecule has 1 aromatic carbocycles. The number of benzene rings is 1. The molecule has 0 spiro atoms. The lowest BCUT2D eigenvalue weighted by atomic mass is 10.1. The van der Waals surface area contributed by atoms with E-state index in [2.05, 4.69) is 15.9 Å². The topological polar surface area (TPSA) is 57.6 Å². The van der Waals surface area contributed by atoms with Gasteiger partial charge in [-0.1, -0.05) is 22.0 Å². The lowest BCUT2D eigenvalue weighted by Gasteiger charge is -2.22. The first-order chi connectivity index (χ1) is 8.99. The van der Waals surface area contributed by atoms with Crippen molar-refractivity contribution in [2.75, 3.05) is 6.54 Å². The maximum Gasteiger partial charge on any atom is 0.305 e. The minimum Gasteiger partial charge on any atom is -0.481 e. The van der Waals surface area contributed by atoms with Gasteiger partial charge in [-0.2, -0.15) is 0 Å². The number of nitrogens with zero attached hydrogens (tertiary/aromatic N) is 1. The summed E-state index contributed by atoms with van der Waals surface area (Å²) in [6.45, 7) is 2.17. The average molecular weight is 326 g/mol. The lowest BCUT2D eigenvalue weighted by molar-refractivity contribution is -0.137. The first kappa shape index (κ1) is 14.1. The summed E-state index contributed by atoms with van der Waals surface area (Å²) in [6, 6.07) is 5.79. The highest BCUT2D eigenvalue weighted by atomic mass is 79.9. The Morgan fingerprint density at radius 3 is 2.68 bits per heavy atom. The molecule has 1 aliphatic carbocycles. The van der Waals surface area contributed by atoms with Crippen LogP contribution in [0.2, 0.25) is 0 Å². The Balaban J connectivity index is 2.18. The van der Waals surface area contributed by atoms with E-state index < -0.39 is 5.97 Å². The van der Waals surface area contributed by atoms with Gasteiger partial charge < -0.3 is 10.0 Å². The molecule has 0 bridgehead atoms. The molecule has 1 aromatic rings. The molecule has 19 heavy (non-hydrogen) atoms. The molecule has 2 rings (SSSR count). The van der Waals surface area contributed by atoms with Crippen LogP contribution in [0, 0.1) is 6.92 Å². The van der Waals surface area contributed by atoms with Crippen LogP contribution in [-0.4, -0.2) is 34.5 Å². The third-order valence-corrected chi connectivity index (χ3v) is 3.74. The van der Waals surface area contributed by atoms with Crippen molar-refractivity contribution in [3.8, 4) is 0 Å². The fourth-order valence-electron chi connectivity index (χ4n) is 2.03.